The summed E-state index contributed by atoms with van der Waals surface area (Å²) in [5.74, 6) is 0.0417. The maximum atomic E-state index is 12.5. The highest BCUT2D eigenvalue weighted by Crippen LogP contribution is 2.53. The monoisotopic (exact) mass is 315 g/mol. The van der Waals surface area contributed by atoms with E-state index in [1.807, 2.05) is 13.0 Å². The van der Waals surface area contributed by atoms with Crippen molar-refractivity contribution in [1.29, 1.82) is 0 Å². The van der Waals surface area contributed by atoms with Crippen LogP contribution in [0.3, 0.4) is 0 Å². The highest BCUT2D eigenvalue weighted by molar-refractivity contribution is 5.93. The summed E-state index contributed by atoms with van der Waals surface area (Å²) in [7, 11) is 0. The van der Waals surface area contributed by atoms with E-state index < -0.39 is 0 Å². The van der Waals surface area contributed by atoms with Crippen molar-refractivity contribution in [1.82, 2.24) is 15.0 Å². The number of benzene rings is 1. The van der Waals surface area contributed by atoms with Crippen LogP contribution in [0.4, 0.5) is 0 Å². The van der Waals surface area contributed by atoms with Gasteiger partial charge in [-0.05, 0) is 31.5 Å². The summed E-state index contributed by atoms with van der Waals surface area (Å²) < 4.78 is 13.4. The van der Waals surface area contributed by atoms with Crippen molar-refractivity contribution < 1.29 is 14.3 Å². The minimum Gasteiger partial charge on any atom is -0.458 e. The lowest BCUT2D eigenvalue weighted by molar-refractivity contribution is -0.183. The van der Waals surface area contributed by atoms with Crippen molar-refractivity contribution in [3.63, 3.8) is 0 Å². The van der Waals surface area contributed by atoms with Gasteiger partial charge >= 0.3 is 5.97 Å². The Morgan fingerprint density at radius 1 is 1.48 bits per heavy atom. The van der Waals surface area contributed by atoms with Crippen molar-refractivity contribution >= 4 is 17.0 Å². The van der Waals surface area contributed by atoms with Gasteiger partial charge in [0.05, 0.1) is 17.2 Å². The summed E-state index contributed by atoms with van der Waals surface area (Å²) in [4.78, 5) is 12.5. The number of ether oxygens (including phenoxy) is 2. The Morgan fingerprint density at radius 3 is 3.09 bits per heavy atom. The van der Waals surface area contributed by atoms with Gasteiger partial charge in [0.2, 0.25) is 0 Å². The van der Waals surface area contributed by atoms with Crippen LogP contribution >= 0.6 is 0 Å². The molecule has 0 spiro atoms. The second-order valence-electron chi connectivity index (χ2n) is 7.00. The molecule has 1 aromatic carbocycles. The molecule has 1 saturated heterocycles. The molecule has 1 aliphatic carbocycles. The number of fused-ring (bicyclic) bond motifs is 2. The first-order valence-corrected chi connectivity index (χ1v) is 8.18. The van der Waals surface area contributed by atoms with Gasteiger partial charge in [0.25, 0.3) is 0 Å². The molecule has 6 heteroatoms. The van der Waals surface area contributed by atoms with Gasteiger partial charge in [-0.3, -0.25) is 0 Å². The van der Waals surface area contributed by atoms with Gasteiger partial charge in [-0.25, -0.2) is 9.48 Å². The van der Waals surface area contributed by atoms with Gasteiger partial charge in [0.1, 0.15) is 11.6 Å². The number of hydrogen-bond acceptors (Lipinski definition) is 5. The predicted octanol–water partition coefficient (Wildman–Crippen LogP) is 2.42. The lowest BCUT2D eigenvalue weighted by Crippen LogP contribution is -2.61. The molecule has 2 aromatic rings. The Labute approximate surface area is 134 Å². The number of aryl methyl sites for hydroxylation is 1. The molecule has 2 aliphatic rings. The summed E-state index contributed by atoms with van der Waals surface area (Å²) in [5.41, 5.74) is 2.05. The van der Waals surface area contributed by atoms with Gasteiger partial charge < -0.3 is 9.47 Å². The molecule has 0 N–H and O–H groups in total. The molecule has 23 heavy (non-hydrogen) atoms. The Morgan fingerprint density at radius 2 is 2.30 bits per heavy atom. The summed E-state index contributed by atoms with van der Waals surface area (Å²) in [6.45, 7) is 7.73. The maximum Gasteiger partial charge on any atom is 0.338 e. The van der Waals surface area contributed by atoms with Crippen LogP contribution in [0.2, 0.25) is 0 Å². The van der Waals surface area contributed by atoms with E-state index in [1.165, 1.54) is 0 Å². The minimum absolute atomic E-state index is 0.0791. The fraction of sp³-hybridized carbons (Fsp3) is 0.588. The minimum atomic E-state index is -0.290. The first-order valence-electron chi connectivity index (χ1n) is 8.18. The first-order chi connectivity index (χ1) is 11.0. The second kappa shape index (κ2) is 5.03. The third-order valence-corrected chi connectivity index (χ3v) is 5.28. The summed E-state index contributed by atoms with van der Waals surface area (Å²) in [6.07, 6.45) is 1.10. The molecular weight excluding hydrogens is 294 g/mol. The van der Waals surface area contributed by atoms with Crippen LogP contribution in [-0.4, -0.2) is 39.8 Å². The van der Waals surface area contributed by atoms with Gasteiger partial charge in [0, 0.05) is 24.5 Å². The van der Waals surface area contributed by atoms with Crippen LogP contribution in [0.1, 0.15) is 37.6 Å². The summed E-state index contributed by atoms with van der Waals surface area (Å²) in [6, 6.07) is 5.42. The van der Waals surface area contributed by atoms with Gasteiger partial charge in [0.15, 0.2) is 0 Å². The molecule has 0 bridgehead atoms. The largest absolute Gasteiger partial charge is 0.458 e. The zero-order valence-electron chi connectivity index (χ0n) is 13.7. The Bertz CT molecular complexity index is 768. The van der Waals surface area contributed by atoms with Gasteiger partial charge in [-0.2, -0.15) is 0 Å². The standard InChI is InChI=1S/C17H21N3O3/c1-4-20-13-6-5-10(9-12(13)18-19-20)16(21)23-15-11-7-8-22-14(11)17(15,2)3/h5-6,9,11,14-15H,4,7-8H2,1-3H3. The maximum absolute atomic E-state index is 12.5. The third-order valence-electron chi connectivity index (χ3n) is 5.28. The molecular formula is C17H21N3O3. The van der Waals surface area contributed by atoms with Crippen LogP contribution in [0.15, 0.2) is 18.2 Å². The van der Waals surface area contributed by atoms with Gasteiger partial charge in [-0.15, -0.1) is 5.10 Å². The van der Waals surface area contributed by atoms with E-state index in [-0.39, 0.29) is 23.6 Å². The van der Waals surface area contributed by atoms with Crippen LogP contribution in [0, 0.1) is 11.3 Å². The molecule has 6 nitrogen and oxygen atoms in total. The zero-order chi connectivity index (χ0) is 16.2. The van der Waals surface area contributed by atoms with Crippen molar-refractivity contribution in [2.24, 2.45) is 11.3 Å². The Hall–Kier alpha value is -1.95. The number of carbonyl (C=O) groups excluding carboxylic acids is 1. The molecule has 0 amide bonds. The van der Waals surface area contributed by atoms with Crippen molar-refractivity contribution in [3.05, 3.63) is 23.8 Å². The zero-order valence-corrected chi connectivity index (χ0v) is 13.7. The second-order valence-corrected chi connectivity index (χ2v) is 7.00. The molecule has 3 unspecified atom stereocenters. The molecule has 1 aromatic heterocycles. The lowest BCUT2D eigenvalue weighted by Gasteiger charge is -2.53. The third kappa shape index (κ3) is 2.08. The molecule has 3 atom stereocenters. The van der Waals surface area contributed by atoms with Crippen LogP contribution in [-0.2, 0) is 16.0 Å². The fourth-order valence-corrected chi connectivity index (χ4v) is 4.03. The van der Waals surface area contributed by atoms with Gasteiger partial charge in [-0.1, -0.05) is 19.1 Å². The summed E-state index contributed by atoms with van der Waals surface area (Å²) >= 11 is 0. The van der Waals surface area contributed by atoms with E-state index in [1.54, 1.807) is 16.8 Å². The van der Waals surface area contributed by atoms with E-state index in [4.69, 9.17) is 9.47 Å². The fourth-order valence-electron chi connectivity index (χ4n) is 4.03. The number of esters is 1. The Kier molecular flexibility index (Phi) is 3.20. The average molecular weight is 315 g/mol. The normalized spacial score (nSPS) is 28.4. The molecule has 1 saturated carbocycles. The van der Waals surface area contributed by atoms with E-state index in [0.29, 0.717) is 11.5 Å². The van der Waals surface area contributed by atoms with Crippen molar-refractivity contribution in [2.75, 3.05) is 6.61 Å². The van der Waals surface area contributed by atoms with E-state index in [9.17, 15) is 4.79 Å². The average Bonchev–Trinajstić information content (AvgIpc) is 3.16. The molecule has 2 heterocycles. The van der Waals surface area contributed by atoms with E-state index >= 15 is 0 Å². The number of rotatable bonds is 3. The highest BCUT2D eigenvalue weighted by atomic mass is 16.6. The number of hydrogen-bond donors (Lipinski definition) is 0. The van der Waals surface area contributed by atoms with Crippen LogP contribution < -0.4 is 0 Å². The molecule has 4 rings (SSSR count). The quantitative estimate of drug-likeness (QED) is 0.814. The number of carbonyl (C=O) groups is 1. The Balaban J connectivity index is 1.55. The van der Waals surface area contributed by atoms with E-state index in [0.717, 1.165) is 30.6 Å². The van der Waals surface area contributed by atoms with Crippen LogP contribution in [0.25, 0.3) is 11.0 Å². The SMILES string of the molecule is CCn1nnc2cc(C(=O)OC3C4CCOC4C3(C)C)ccc21. The number of aromatic nitrogens is 3. The van der Waals surface area contributed by atoms with E-state index in [2.05, 4.69) is 24.2 Å². The lowest BCUT2D eigenvalue weighted by atomic mass is 9.59. The summed E-state index contributed by atoms with van der Waals surface area (Å²) in [5, 5.41) is 8.18. The number of nitrogens with zero attached hydrogens (tertiary/aromatic N) is 3. The molecule has 122 valence electrons. The van der Waals surface area contributed by atoms with Crippen molar-refractivity contribution in [3.8, 4) is 0 Å². The molecule has 0 radical (unpaired) electrons. The topological polar surface area (TPSA) is 66.2 Å². The molecule has 1 aliphatic heterocycles. The predicted molar refractivity (Wildman–Crippen MR) is 84.0 cm³/mol. The first kappa shape index (κ1) is 14.6. The smallest absolute Gasteiger partial charge is 0.338 e. The van der Waals surface area contributed by atoms with Crippen LogP contribution in [0.5, 0.6) is 0 Å². The van der Waals surface area contributed by atoms with Crippen molar-refractivity contribution in [2.45, 2.75) is 45.9 Å². The molecule has 2 fully saturated rings. The highest BCUT2D eigenvalue weighted by Gasteiger charge is 2.61.